The highest BCUT2D eigenvalue weighted by Gasteiger charge is 2.30. The van der Waals surface area contributed by atoms with Crippen molar-refractivity contribution in [2.75, 3.05) is 32.9 Å². The van der Waals surface area contributed by atoms with Crippen molar-refractivity contribution < 1.29 is 23.9 Å². The fourth-order valence-corrected chi connectivity index (χ4v) is 3.25. The molecule has 1 aromatic carbocycles. The van der Waals surface area contributed by atoms with Crippen LogP contribution in [-0.4, -0.2) is 60.6 Å². The number of rotatable bonds is 6. The number of benzene rings is 1. The molecule has 0 unspecified atom stereocenters. The first kappa shape index (κ1) is 20.8. The molecule has 0 aliphatic carbocycles. The molecular weight excluding hydrogens is 374 g/mol. The third-order valence-electron chi connectivity index (χ3n) is 4.71. The minimum absolute atomic E-state index is 0.0696. The fraction of sp³-hybridized carbons (Fsp3) is 0.381. The van der Waals surface area contributed by atoms with E-state index in [4.69, 9.17) is 9.47 Å². The lowest BCUT2D eigenvalue weighted by molar-refractivity contribution is -0.123. The van der Waals surface area contributed by atoms with Gasteiger partial charge in [-0.15, -0.1) is 0 Å². The molecule has 0 radical (unpaired) electrons. The fourth-order valence-electron chi connectivity index (χ4n) is 3.25. The number of hydrazine groups is 1. The van der Waals surface area contributed by atoms with Gasteiger partial charge in [0, 0.05) is 24.3 Å². The van der Waals surface area contributed by atoms with E-state index in [1.807, 2.05) is 31.2 Å². The third kappa shape index (κ3) is 4.55. The average Bonchev–Trinajstić information content (AvgIpc) is 3.06. The van der Waals surface area contributed by atoms with E-state index in [2.05, 4.69) is 10.4 Å². The van der Waals surface area contributed by atoms with Crippen LogP contribution in [0.2, 0.25) is 0 Å². The lowest BCUT2D eigenvalue weighted by Crippen LogP contribution is -2.50. The normalized spacial score (nSPS) is 14.4. The van der Waals surface area contributed by atoms with Gasteiger partial charge in [0.1, 0.15) is 5.69 Å². The van der Waals surface area contributed by atoms with Crippen molar-refractivity contribution in [1.29, 1.82) is 0 Å². The zero-order valence-electron chi connectivity index (χ0n) is 16.8. The quantitative estimate of drug-likeness (QED) is 0.438. The molecule has 0 spiro atoms. The Kier molecular flexibility index (Phi) is 6.46. The van der Waals surface area contributed by atoms with Gasteiger partial charge in [0.25, 0.3) is 5.78 Å². The Labute approximate surface area is 169 Å². The van der Waals surface area contributed by atoms with Crippen LogP contribution in [0.5, 0.6) is 0 Å². The van der Waals surface area contributed by atoms with Crippen LogP contribution < -0.4 is 5.43 Å². The Morgan fingerprint density at radius 3 is 2.41 bits per heavy atom. The Morgan fingerprint density at radius 1 is 1.14 bits per heavy atom. The number of aryl methyl sites for hydroxylation is 2. The maximum atomic E-state index is 13.0. The number of ketones is 1. The van der Waals surface area contributed by atoms with Crippen LogP contribution in [0.1, 0.15) is 39.0 Å². The molecule has 1 aliphatic heterocycles. The Morgan fingerprint density at radius 2 is 1.79 bits per heavy atom. The second kappa shape index (κ2) is 9.02. The number of carbonyl (C=O) groups is 3. The van der Waals surface area contributed by atoms with E-state index in [1.165, 1.54) is 0 Å². The molecule has 2 N–H and O–H groups in total. The Hall–Kier alpha value is -2.97. The van der Waals surface area contributed by atoms with Gasteiger partial charge in [-0.2, -0.15) is 0 Å². The van der Waals surface area contributed by atoms with Crippen LogP contribution in [0, 0.1) is 13.8 Å². The van der Waals surface area contributed by atoms with Crippen molar-refractivity contribution in [2.24, 2.45) is 0 Å². The summed E-state index contributed by atoms with van der Waals surface area (Å²) in [5.74, 6) is -2.05. The number of aromatic nitrogens is 1. The summed E-state index contributed by atoms with van der Waals surface area (Å²) in [4.78, 5) is 41.1. The molecule has 8 nitrogen and oxygen atoms in total. The predicted octanol–water partition coefficient (Wildman–Crippen LogP) is 2.02. The summed E-state index contributed by atoms with van der Waals surface area (Å²) in [5, 5.41) is 1.65. The van der Waals surface area contributed by atoms with Crippen molar-refractivity contribution in [3.63, 3.8) is 0 Å². The first-order valence-corrected chi connectivity index (χ1v) is 9.57. The molecule has 8 heteroatoms. The topological polar surface area (TPSA) is 101 Å². The number of carbonyl (C=O) groups excluding carboxylic acids is 3. The van der Waals surface area contributed by atoms with Gasteiger partial charge in [0.15, 0.2) is 0 Å². The van der Waals surface area contributed by atoms with E-state index in [-0.39, 0.29) is 17.9 Å². The summed E-state index contributed by atoms with van der Waals surface area (Å²) in [6.07, 6.45) is 0. The van der Waals surface area contributed by atoms with Gasteiger partial charge in [-0.1, -0.05) is 29.8 Å². The molecule has 0 bridgehead atoms. The largest absolute Gasteiger partial charge is 0.462 e. The highest BCUT2D eigenvalue weighted by Crippen LogP contribution is 2.31. The molecule has 1 aliphatic rings. The van der Waals surface area contributed by atoms with Gasteiger partial charge in [0.05, 0.1) is 25.4 Å². The first-order valence-electron chi connectivity index (χ1n) is 9.57. The van der Waals surface area contributed by atoms with Gasteiger partial charge in [0.2, 0.25) is 0 Å². The number of Topliss-reactive ketones (excluding diaryl/α,β-unsaturated/α-hetero) is 1. The van der Waals surface area contributed by atoms with E-state index in [0.717, 1.165) is 5.56 Å². The molecule has 2 heterocycles. The first-order chi connectivity index (χ1) is 13.9. The number of H-pyrrole nitrogens is 1. The smallest absolute Gasteiger partial charge is 0.340 e. The maximum Gasteiger partial charge on any atom is 0.340 e. The molecule has 1 aromatic heterocycles. The second-order valence-corrected chi connectivity index (χ2v) is 6.83. The van der Waals surface area contributed by atoms with Crippen LogP contribution in [0.4, 0.5) is 0 Å². The summed E-state index contributed by atoms with van der Waals surface area (Å²) in [6, 6.07) is 7.40. The summed E-state index contributed by atoms with van der Waals surface area (Å²) >= 11 is 0. The molecule has 3 rings (SSSR count). The highest BCUT2D eigenvalue weighted by molar-refractivity contribution is 6.43. The summed E-state index contributed by atoms with van der Waals surface area (Å²) in [6.45, 7) is 7.52. The van der Waals surface area contributed by atoms with E-state index in [9.17, 15) is 14.4 Å². The zero-order valence-corrected chi connectivity index (χ0v) is 16.8. The van der Waals surface area contributed by atoms with Gasteiger partial charge >= 0.3 is 11.9 Å². The monoisotopic (exact) mass is 399 g/mol. The molecule has 154 valence electrons. The van der Waals surface area contributed by atoms with Gasteiger partial charge < -0.3 is 14.5 Å². The lowest BCUT2D eigenvalue weighted by atomic mass is 9.97. The van der Waals surface area contributed by atoms with E-state index in [0.29, 0.717) is 43.1 Å². The van der Waals surface area contributed by atoms with Crippen LogP contribution in [0.25, 0.3) is 11.1 Å². The standard InChI is InChI=1S/C21H25N3O5/c1-4-29-21(27)16-14(3)22-18(17(16)15-7-5-13(2)6-8-15)19(25)20(26)23-24-9-11-28-12-10-24/h5-8,22H,4,9-12H2,1-3H3,(H,23,26). The zero-order chi connectivity index (χ0) is 21.0. The summed E-state index contributed by atoms with van der Waals surface area (Å²) < 4.78 is 10.4. The minimum Gasteiger partial charge on any atom is -0.462 e. The number of ether oxygens (including phenoxy) is 2. The van der Waals surface area contributed by atoms with Crippen LogP contribution >= 0.6 is 0 Å². The minimum atomic E-state index is -0.767. The third-order valence-corrected chi connectivity index (χ3v) is 4.71. The van der Waals surface area contributed by atoms with Crippen molar-refractivity contribution in [1.82, 2.24) is 15.4 Å². The SMILES string of the molecule is CCOC(=O)c1c(C)[nH]c(C(=O)C(=O)NN2CCOCC2)c1-c1ccc(C)cc1. The van der Waals surface area contributed by atoms with Crippen molar-refractivity contribution >= 4 is 17.7 Å². The number of morpholine rings is 1. The van der Waals surface area contributed by atoms with Crippen molar-refractivity contribution in [3.05, 3.63) is 46.8 Å². The molecule has 29 heavy (non-hydrogen) atoms. The number of nitrogens with zero attached hydrogens (tertiary/aromatic N) is 1. The van der Waals surface area contributed by atoms with Gasteiger partial charge in [-0.25, -0.2) is 9.80 Å². The average molecular weight is 399 g/mol. The molecule has 1 fully saturated rings. The Bertz CT molecular complexity index is 911. The van der Waals surface area contributed by atoms with Crippen LogP contribution in [-0.2, 0) is 14.3 Å². The number of nitrogens with one attached hydrogen (secondary N) is 2. The lowest BCUT2D eigenvalue weighted by Gasteiger charge is -2.26. The molecule has 1 saturated heterocycles. The molecule has 1 amide bonds. The van der Waals surface area contributed by atoms with Gasteiger partial charge in [-0.05, 0) is 26.3 Å². The number of hydrogen-bond acceptors (Lipinski definition) is 6. The van der Waals surface area contributed by atoms with Crippen LogP contribution in [0.3, 0.4) is 0 Å². The van der Waals surface area contributed by atoms with Crippen LogP contribution in [0.15, 0.2) is 24.3 Å². The van der Waals surface area contributed by atoms with Crippen molar-refractivity contribution in [2.45, 2.75) is 20.8 Å². The number of amides is 1. The molecule has 2 aromatic rings. The van der Waals surface area contributed by atoms with Gasteiger partial charge in [-0.3, -0.25) is 15.0 Å². The number of aromatic amines is 1. The molecule has 0 saturated carbocycles. The number of hydrogen-bond donors (Lipinski definition) is 2. The second-order valence-electron chi connectivity index (χ2n) is 6.83. The van der Waals surface area contributed by atoms with Crippen molar-refractivity contribution in [3.8, 4) is 11.1 Å². The Balaban J connectivity index is 1.99. The van der Waals surface area contributed by atoms with E-state index in [1.54, 1.807) is 18.9 Å². The number of esters is 1. The van der Waals surface area contributed by atoms with E-state index < -0.39 is 17.7 Å². The predicted molar refractivity (Wildman–Crippen MR) is 107 cm³/mol. The maximum absolute atomic E-state index is 13.0. The molecule has 0 atom stereocenters. The summed E-state index contributed by atoms with van der Waals surface area (Å²) in [7, 11) is 0. The summed E-state index contributed by atoms with van der Waals surface area (Å²) in [5.41, 5.74) is 5.50. The molecular formula is C21H25N3O5. The highest BCUT2D eigenvalue weighted by atomic mass is 16.5. The van der Waals surface area contributed by atoms with E-state index >= 15 is 0 Å².